The van der Waals surface area contributed by atoms with Gasteiger partial charge in [0.25, 0.3) is 0 Å². The fourth-order valence-electron chi connectivity index (χ4n) is 8.01. The Hall–Kier alpha value is -1.13. The summed E-state index contributed by atoms with van der Waals surface area (Å²) in [6.07, 6.45) is 11.8. The van der Waals surface area contributed by atoms with Gasteiger partial charge >= 0.3 is 0 Å². The quantitative estimate of drug-likeness (QED) is 0.630. The lowest BCUT2D eigenvalue weighted by molar-refractivity contribution is -0.135. The smallest absolute Gasteiger partial charge is 0.246 e. The second-order valence-electron chi connectivity index (χ2n) is 10.6. The Kier molecular flexibility index (Phi) is 4.34. The SMILES string of the molecule is CN1C(=O)C=C[C@]2(C)[C@H]3CC[C@]4(C)[C@@H](O)CC[C@H]4[C@@H]3CC(=C3CCNCC3)[C@@H]12. The molecule has 2 aliphatic heterocycles. The molecule has 2 heterocycles. The van der Waals surface area contributed by atoms with Gasteiger partial charge in [0.05, 0.1) is 12.1 Å². The summed E-state index contributed by atoms with van der Waals surface area (Å²) >= 11 is 0. The highest BCUT2D eigenvalue weighted by atomic mass is 16.3. The molecule has 1 amide bonds. The van der Waals surface area contributed by atoms with Crippen molar-refractivity contribution in [2.75, 3.05) is 20.1 Å². The van der Waals surface area contributed by atoms with Gasteiger partial charge < -0.3 is 15.3 Å². The summed E-state index contributed by atoms with van der Waals surface area (Å²) in [5, 5.41) is 14.3. The molecule has 0 aromatic heterocycles. The minimum Gasteiger partial charge on any atom is -0.393 e. The molecule has 4 nitrogen and oxygen atoms in total. The molecule has 4 heteroatoms. The predicted octanol–water partition coefficient (Wildman–Crippen LogP) is 3.28. The molecule has 0 bridgehead atoms. The van der Waals surface area contributed by atoms with Crippen LogP contribution in [0.1, 0.15) is 58.8 Å². The van der Waals surface area contributed by atoms with Gasteiger partial charge in [-0.3, -0.25) is 4.79 Å². The number of carbonyl (C=O) groups excluding carboxylic acids is 1. The van der Waals surface area contributed by atoms with Crippen molar-refractivity contribution in [2.24, 2.45) is 28.6 Å². The number of nitrogens with zero attached hydrogens (tertiary/aromatic N) is 1. The van der Waals surface area contributed by atoms with Crippen LogP contribution >= 0.6 is 0 Å². The van der Waals surface area contributed by atoms with Crippen LogP contribution < -0.4 is 5.32 Å². The van der Waals surface area contributed by atoms with Crippen molar-refractivity contribution < 1.29 is 9.90 Å². The average molecular weight is 385 g/mol. The molecule has 2 N–H and O–H groups in total. The number of nitrogens with one attached hydrogen (secondary N) is 1. The lowest BCUT2D eigenvalue weighted by atomic mass is 9.47. The third-order valence-electron chi connectivity index (χ3n) is 9.54. The van der Waals surface area contributed by atoms with E-state index in [2.05, 4.69) is 25.2 Å². The van der Waals surface area contributed by atoms with Gasteiger partial charge in [-0.15, -0.1) is 0 Å². The maximum absolute atomic E-state index is 12.6. The van der Waals surface area contributed by atoms with Crippen LogP contribution in [0.25, 0.3) is 0 Å². The van der Waals surface area contributed by atoms with Crippen molar-refractivity contribution in [2.45, 2.75) is 70.9 Å². The van der Waals surface area contributed by atoms with Gasteiger partial charge in [0.1, 0.15) is 0 Å². The van der Waals surface area contributed by atoms with Gasteiger partial charge in [0, 0.05) is 12.5 Å². The van der Waals surface area contributed by atoms with Gasteiger partial charge in [-0.05, 0) is 92.9 Å². The number of hydrogen-bond donors (Lipinski definition) is 2. The second kappa shape index (κ2) is 6.43. The Morgan fingerprint density at radius 2 is 1.89 bits per heavy atom. The minimum atomic E-state index is -0.134. The van der Waals surface area contributed by atoms with E-state index in [1.807, 2.05) is 18.0 Å². The molecule has 5 rings (SSSR count). The van der Waals surface area contributed by atoms with Gasteiger partial charge in [-0.1, -0.05) is 25.5 Å². The lowest BCUT2D eigenvalue weighted by Crippen LogP contribution is -2.61. The first-order valence-electron chi connectivity index (χ1n) is 11.4. The molecule has 4 fully saturated rings. The Bertz CT molecular complexity index is 735. The fourth-order valence-corrected chi connectivity index (χ4v) is 8.01. The van der Waals surface area contributed by atoms with Crippen molar-refractivity contribution in [1.82, 2.24) is 10.2 Å². The summed E-state index contributed by atoms with van der Waals surface area (Å²) in [4.78, 5) is 14.7. The molecule has 0 spiro atoms. The van der Waals surface area contributed by atoms with Gasteiger partial charge in [0.2, 0.25) is 5.91 Å². The zero-order chi connectivity index (χ0) is 19.7. The third-order valence-corrected chi connectivity index (χ3v) is 9.54. The van der Waals surface area contributed by atoms with E-state index in [0.717, 1.165) is 45.2 Å². The largest absolute Gasteiger partial charge is 0.393 e. The Morgan fingerprint density at radius 3 is 2.64 bits per heavy atom. The molecule has 0 radical (unpaired) electrons. The van der Waals surface area contributed by atoms with Crippen LogP contribution in [0, 0.1) is 28.6 Å². The highest BCUT2D eigenvalue weighted by Crippen LogP contribution is 2.65. The third kappa shape index (κ3) is 2.46. The maximum Gasteiger partial charge on any atom is 0.246 e. The molecule has 28 heavy (non-hydrogen) atoms. The van der Waals surface area contributed by atoms with E-state index in [0.29, 0.717) is 17.8 Å². The van der Waals surface area contributed by atoms with Crippen molar-refractivity contribution in [1.29, 1.82) is 0 Å². The minimum absolute atomic E-state index is 0.0215. The van der Waals surface area contributed by atoms with Crippen LogP contribution in [0.15, 0.2) is 23.3 Å². The first-order chi connectivity index (χ1) is 13.4. The second-order valence-corrected chi connectivity index (χ2v) is 10.6. The number of aliphatic hydroxyl groups is 1. The predicted molar refractivity (Wildman–Crippen MR) is 111 cm³/mol. The summed E-state index contributed by atoms with van der Waals surface area (Å²) in [7, 11) is 2.02. The normalized spacial score (nSPS) is 48.4. The Balaban J connectivity index is 1.62. The van der Waals surface area contributed by atoms with Gasteiger partial charge in [-0.2, -0.15) is 0 Å². The van der Waals surface area contributed by atoms with Crippen molar-refractivity contribution >= 4 is 5.91 Å². The summed E-state index contributed by atoms with van der Waals surface area (Å²) in [6, 6.07) is 0.218. The maximum atomic E-state index is 12.6. The van der Waals surface area contributed by atoms with Crippen molar-refractivity contribution in [3.05, 3.63) is 23.3 Å². The Morgan fingerprint density at radius 1 is 1.14 bits per heavy atom. The van der Waals surface area contributed by atoms with E-state index in [9.17, 15) is 9.90 Å². The molecule has 0 unspecified atom stereocenters. The average Bonchev–Trinajstić information content (AvgIpc) is 3.00. The molecule has 3 saturated carbocycles. The molecule has 1 saturated heterocycles. The molecule has 7 atom stereocenters. The number of fused-ring (bicyclic) bond motifs is 5. The van der Waals surface area contributed by atoms with E-state index in [1.54, 1.807) is 11.1 Å². The number of hydrogen-bond acceptors (Lipinski definition) is 3. The monoisotopic (exact) mass is 384 g/mol. The number of aliphatic hydroxyl groups excluding tert-OH is 1. The van der Waals surface area contributed by atoms with Gasteiger partial charge in [-0.25, -0.2) is 0 Å². The summed E-state index contributed by atoms with van der Waals surface area (Å²) in [6.45, 7) is 6.89. The topological polar surface area (TPSA) is 52.6 Å². The van der Waals surface area contributed by atoms with E-state index in [4.69, 9.17) is 0 Å². The number of likely N-dealkylation sites (N-methyl/N-ethyl adjacent to an activating group) is 1. The molecule has 0 aromatic carbocycles. The molecule has 154 valence electrons. The fraction of sp³-hybridized carbons (Fsp3) is 0.792. The summed E-state index contributed by atoms with van der Waals surface area (Å²) in [5.41, 5.74) is 3.28. The molecule has 0 aromatic rings. The Labute approximate surface area is 169 Å². The highest BCUT2D eigenvalue weighted by Gasteiger charge is 2.61. The van der Waals surface area contributed by atoms with Gasteiger partial charge in [0.15, 0.2) is 0 Å². The van der Waals surface area contributed by atoms with Crippen LogP contribution in [0.4, 0.5) is 0 Å². The highest BCUT2D eigenvalue weighted by molar-refractivity contribution is 5.89. The number of rotatable bonds is 0. The molecular weight excluding hydrogens is 348 g/mol. The zero-order valence-corrected chi connectivity index (χ0v) is 17.7. The molecule has 5 aliphatic rings. The first kappa shape index (κ1) is 18.9. The summed E-state index contributed by atoms with van der Waals surface area (Å²) < 4.78 is 0. The number of piperidine rings is 1. The number of amides is 1. The standard InChI is InChI=1S/C24H36N2O2/c1-23-10-6-19-17(18(23)4-5-20(23)27)14-16(15-8-12-25-13-9-15)22-24(19,2)11-7-21(28)26(22)3/h7,11,17-20,22,25,27H,4-6,8-10,12-14H2,1-3H3/t17-,18-,19-,20-,22+,23-,24+/m0/s1. The number of carbonyl (C=O) groups is 1. The van der Waals surface area contributed by atoms with E-state index in [1.165, 1.54) is 12.8 Å². The van der Waals surface area contributed by atoms with Crippen LogP contribution in [-0.2, 0) is 4.79 Å². The van der Waals surface area contributed by atoms with E-state index < -0.39 is 0 Å². The van der Waals surface area contributed by atoms with Crippen LogP contribution in [-0.4, -0.2) is 48.2 Å². The molecular formula is C24H36N2O2. The lowest BCUT2D eigenvalue weighted by Gasteiger charge is -2.61. The first-order valence-corrected chi connectivity index (χ1v) is 11.4. The van der Waals surface area contributed by atoms with Crippen molar-refractivity contribution in [3.63, 3.8) is 0 Å². The zero-order valence-electron chi connectivity index (χ0n) is 17.7. The van der Waals surface area contributed by atoms with Crippen molar-refractivity contribution in [3.8, 4) is 0 Å². The van der Waals surface area contributed by atoms with Crippen LogP contribution in [0.5, 0.6) is 0 Å². The van der Waals surface area contributed by atoms with E-state index in [-0.39, 0.29) is 28.9 Å². The molecule has 3 aliphatic carbocycles. The van der Waals surface area contributed by atoms with Crippen LogP contribution in [0.2, 0.25) is 0 Å². The summed E-state index contributed by atoms with van der Waals surface area (Å²) in [5.74, 6) is 2.03. The van der Waals surface area contributed by atoms with Crippen LogP contribution in [0.3, 0.4) is 0 Å². The van der Waals surface area contributed by atoms with E-state index >= 15 is 0 Å².